The highest BCUT2D eigenvalue weighted by Gasteiger charge is 2.00. The molecule has 0 aliphatic carbocycles. The second-order valence-electron chi connectivity index (χ2n) is 10.6. The molecule has 31 heavy (non-hydrogen) atoms. The van der Waals surface area contributed by atoms with E-state index < -0.39 is 0 Å². The van der Waals surface area contributed by atoms with Crippen molar-refractivity contribution in [3.05, 3.63) is 0 Å². The Balaban J connectivity index is 0. The molecular formula is C29H62ClN. The van der Waals surface area contributed by atoms with Crippen molar-refractivity contribution in [1.82, 2.24) is 4.90 Å². The van der Waals surface area contributed by atoms with Crippen LogP contribution in [0.4, 0.5) is 0 Å². The zero-order valence-electron chi connectivity index (χ0n) is 22.4. The van der Waals surface area contributed by atoms with Gasteiger partial charge in [0.1, 0.15) is 0 Å². The third kappa shape index (κ3) is 30.2. The van der Waals surface area contributed by atoms with Crippen molar-refractivity contribution in [3.63, 3.8) is 0 Å². The van der Waals surface area contributed by atoms with E-state index in [4.69, 9.17) is 0 Å². The predicted octanol–water partition coefficient (Wildman–Crippen LogP) is 10.6. The molecule has 0 fully saturated rings. The summed E-state index contributed by atoms with van der Waals surface area (Å²) in [5.41, 5.74) is 0. The summed E-state index contributed by atoms with van der Waals surface area (Å²) >= 11 is 0. The van der Waals surface area contributed by atoms with E-state index in [2.05, 4.69) is 32.7 Å². The van der Waals surface area contributed by atoms with Gasteiger partial charge in [-0.3, -0.25) is 0 Å². The van der Waals surface area contributed by atoms with E-state index in [0.29, 0.717) is 0 Å². The SMILES string of the molecule is CCCCCCCCCCCCCCCCCCCCCCN(C)CCCC(C)C.Cl. The topological polar surface area (TPSA) is 3.24 Å². The average Bonchev–Trinajstić information content (AvgIpc) is 2.72. The predicted molar refractivity (Wildman–Crippen MR) is 147 cm³/mol. The van der Waals surface area contributed by atoms with Crippen LogP contribution in [-0.2, 0) is 0 Å². The third-order valence-corrected chi connectivity index (χ3v) is 6.71. The first-order valence-electron chi connectivity index (χ1n) is 14.3. The second-order valence-corrected chi connectivity index (χ2v) is 10.6. The molecule has 1 nitrogen and oxygen atoms in total. The van der Waals surface area contributed by atoms with Gasteiger partial charge < -0.3 is 4.90 Å². The van der Waals surface area contributed by atoms with Crippen molar-refractivity contribution >= 4 is 12.4 Å². The second kappa shape index (κ2) is 28.3. The van der Waals surface area contributed by atoms with Crippen LogP contribution in [0.2, 0.25) is 0 Å². The van der Waals surface area contributed by atoms with Gasteiger partial charge in [-0.05, 0) is 45.3 Å². The van der Waals surface area contributed by atoms with Gasteiger partial charge in [-0.15, -0.1) is 12.4 Å². The lowest BCUT2D eigenvalue weighted by molar-refractivity contribution is 0.309. The number of unbranched alkanes of at least 4 members (excludes halogenated alkanes) is 19. The van der Waals surface area contributed by atoms with Crippen LogP contribution in [-0.4, -0.2) is 25.0 Å². The molecule has 2 heteroatoms. The molecule has 190 valence electrons. The van der Waals surface area contributed by atoms with Gasteiger partial charge >= 0.3 is 0 Å². The lowest BCUT2D eigenvalue weighted by Crippen LogP contribution is -2.21. The summed E-state index contributed by atoms with van der Waals surface area (Å²) in [4.78, 5) is 2.54. The molecule has 0 bridgehead atoms. The molecule has 0 rings (SSSR count). The van der Waals surface area contributed by atoms with E-state index in [1.165, 1.54) is 154 Å². The summed E-state index contributed by atoms with van der Waals surface area (Å²) in [6.45, 7) is 9.56. The molecule has 0 aliphatic heterocycles. The maximum atomic E-state index is 2.54. The van der Waals surface area contributed by atoms with Gasteiger partial charge in [0.2, 0.25) is 0 Å². The summed E-state index contributed by atoms with van der Waals surface area (Å²) in [5.74, 6) is 0.859. The number of hydrogen-bond donors (Lipinski definition) is 0. The Kier molecular flexibility index (Phi) is 30.5. The smallest absolute Gasteiger partial charge is 0.00217 e. The molecule has 0 radical (unpaired) electrons. The maximum Gasteiger partial charge on any atom is -0.00217 e. The van der Waals surface area contributed by atoms with Gasteiger partial charge in [-0.25, -0.2) is 0 Å². The molecule has 0 amide bonds. The minimum absolute atomic E-state index is 0. The summed E-state index contributed by atoms with van der Waals surface area (Å²) in [6.07, 6.45) is 32.1. The normalized spacial score (nSPS) is 11.4. The Morgan fingerprint density at radius 2 is 0.742 bits per heavy atom. The van der Waals surface area contributed by atoms with Crippen LogP contribution in [0.3, 0.4) is 0 Å². The highest BCUT2D eigenvalue weighted by Crippen LogP contribution is 2.15. The highest BCUT2D eigenvalue weighted by atomic mass is 35.5. The van der Waals surface area contributed by atoms with Gasteiger partial charge in [-0.2, -0.15) is 0 Å². The number of nitrogens with zero attached hydrogens (tertiary/aromatic N) is 1. The molecule has 0 spiro atoms. The molecular weight excluding hydrogens is 398 g/mol. The van der Waals surface area contributed by atoms with Gasteiger partial charge in [0, 0.05) is 0 Å². The lowest BCUT2D eigenvalue weighted by atomic mass is 10.0. The third-order valence-electron chi connectivity index (χ3n) is 6.71. The highest BCUT2D eigenvalue weighted by molar-refractivity contribution is 5.85. The Labute approximate surface area is 205 Å². The van der Waals surface area contributed by atoms with E-state index in [1.54, 1.807) is 0 Å². The molecule has 0 N–H and O–H groups in total. The quantitative estimate of drug-likeness (QED) is 0.123. The molecule has 0 saturated heterocycles. The van der Waals surface area contributed by atoms with Gasteiger partial charge in [-0.1, -0.05) is 143 Å². The number of halogens is 1. The molecule has 0 aromatic carbocycles. The maximum absolute atomic E-state index is 2.54. The van der Waals surface area contributed by atoms with E-state index in [9.17, 15) is 0 Å². The first-order valence-corrected chi connectivity index (χ1v) is 14.3. The van der Waals surface area contributed by atoms with Crippen LogP contribution in [0.1, 0.15) is 162 Å². The van der Waals surface area contributed by atoms with Crippen LogP contribution in [0.15, 0.2) is 0 Å². The summed E-state index contributed by atoms with van der Waals surface area (Å²) in [7, 11) is 2.30. The van der Waals surface area contributed by atoms with E-state index in [-0.39, 0.29) is 12.4 Å². The van der Waals surface area contributed by atoms with Crippen molar-refractivity contribution in [2.75, 3.05) is 20.1 Å². The van der Waals surface area contributed by atoms with Crippen LogP contribution in [0.5, 0.6) is 0 Å². The first-order chi connectivity index (χ1) is 14.7. The molecule has 0 saturated carbocycles. The van der Waals surface area contributed by atoms with E-state index in [1.807, 2.05) is 0 Å². The van der Waals surface area contributed by atoms with Crippen molar-refractivity contribution < 1.29 is 0 Å². The number of rotatable bonds is 25. The van der Waals surface area contributed by atoms with Crippen molar-refractivity contribution in [3.8, 4) is 0 Å². The molecule has 0 heterocycles. The fraction of sp³-hybridized carbons (Fsp3) is 1.00. The van der Waals surface area contributed by atoms with Crippen molar-refractivity contribution in [2.24, 2.45) is 5.92 Å². The zero-order valence-corrected chi connectivity index (χ0v) is 23.2. The minimum Gasteiger partial charge on any atom is -0.306 e. The zero-order chi connectivity index (χ0) is 22.1. The summed E-state index contributed by atoms with van der Waals surface area (Å²) in [6, 6.07) is 0. The average molecular weight is 460 g/mol. The largest absolute Gasteiger partial charge is 0.306 e. The first kappa shape index (κ1) is 33.4. The van der Waals surface area contributed by atoms with Crippen LogP contribution >= 0.6 is 12.4 Å². The molecule has 0 aromatic rings. The Bertz CT molecular complexity index is 305. The Morgan fingerprint density at radius 3 is 1.06 bits per heavy atom. The van der Waals surface area contributed by atoms with Gasteiger partial charge in [0.15, 0.2) is 0 Å². The monoisotopic (exact) mass is 459 g/mol. The number of hydrogen-bond acceptors (Lipinski definition) is 1. The van der Waals surface area contributed by atoms with E-state index >= 15 is 0 Å². The Hall–Kier alpha value is 0.250. The summed E-state index contributed by atoms with van der Waals surface area (Å²) < 4.78 is 0. The van der Waals surface area contributed by atoms with Gasteiger partial charge in [0.05, 0.1) is 0 Å². The van der Waals surface area contributed by atoms with Crippen LogP contribution in [0.25, 0.3) is 0 Å². The summed E-state index contributed by atoms with van der Waals surface area (Å²) in [5, 5.41) is 0. The fourth-order valence-electron chi connectivity index (χ4n) is 4.52. The standard InChI is InChI=1S/C29H61N.ClH/c1-5-6-7-8-9-10-11-12-13-14-15-16-17-18-19-20-21-22-23-24-27-30(4)28-25-26-29(2)3;/h29H,5-28H2,1-4H3;1H. The fourth-order valence-corrected chi connectivity index (χ4v) is 4.52. The van der Waals surface area contributed by atoms with Crippen molar-refractivity contribution in [2.45, 2.75) is 162 Å². The molecule has 0 unspecified atom stereocenters. The molecule has 0 aliphatic rings. The van der Waals surface area contributed by atoms with Gasteiger partial charge in [0.25, 0.3) is 0 Å². The van der Waals surface area contributed by atoms with Crippen LogP contribution in [0, 0.1) is 5.92 Å². The van der Waals surface area contributed by atoms with E-state index in [0.717, 1.165) is 5.92 Å². The lowest BCUT2D eigenvalue weighted by Gasteiger charge is -2.16. The van der Waals surface area contributed by atoms with Crippen molar-refractivity contribution in [1.29, 1.82) is 0 Å². The van der Waals surface area contributed by atoms with Crippen LogP contribution < -0.4 is 0 Å². The minimum atomic E-state index is 0. The Morgan fingerprint density at radius 1 is 0.452 bits per heavy atom. The molecule has 0 atom stereocenters. The molecule has 0 aromatic heterocycles.